The van der Waals surface area contributed by atoms with E-state index in [2.05, 4.69) is 27.8 Å². The molecule has 0 saturated heterocycles. The molecule has 5 heteroatoms. The summed E-state index contributed by atoms with van der Waals surface area (Å²) < 4.78 is 0.865. The second kappa shape index (κ2) is 8.74. The zero-order valence-electron chi connectivity index (χ0n) is 11.6. The summed E-state index contributed by atoms with van der Waals surface area (Å²) >= 11 is 3.36. The molecule has 1 aromatic carbocycles. The number of hydrogen-bond acceptors (Lipinski definition) is 3. The Hall–Kier alpha value is -1.36. The van der Waals surface area contributed by atoms with E-state index in [4.69, 9.17) is 5.11 Å². The van der Waals surface area contributed by atoms with E-state index in [1.807, 2.05) is 12.1 Å². The zero-order valence-corrected chi connectivity index (χ0v) is 13.2. The lowest BCUT2D eigenvalue weighted by Gasteiger charge is -2.26. The fourth-order valence-electron chi connectivity index (χ4n) is 2.03. The predicted molar refractivity (Wildman–Crippen MR) is 83.5 cm³/mol. The Morgan fingerprint density at radius 3 is 2.65 bits per heavy atom. The summed E-state index contributed by atoms with van der Waals surface area (Å²) in [5.41, 5.74) is 1.51. The summed E-state index contributed by atoms with van der Waals surface area (Å²) in [5, 5.41) is 8.73. The van der Waals surface area contributed by atoms with Gasteiger partial charge in [-0.1, -0.05) is 29.3 Å². The summed E-state index contributed by atoms with van der Waals surface area (Å²) in [7, 11) is 0. The summed E-state index contributed by atoms with van der Waals surface area (Å²) in [4.78, 5) is 23.9. The van der Waals surface area contributed by atoms with Gasteiger partial charge in [-0.05, 0) is 31.0 Å². The van der Waals surface area contributed by atoms with Crippen LogP contribution in [0.4, 0.5) is 5.69 Å². The summed E-state index contributed by atoms with van der Waals surface area (Å²) in [6, 6.07) is 5.60. The van der Waals surface area contributed by atoms with E-state index in [0.717, 1.165) is 35.8 Å². The first-order valence-electron chi connectivity index (χ1n) is 6.80. The van der Waals surface area contributed by atoms with Gasteiger partial charge in [0.1, 0.15) is 0 Å². The van der Waals surface area contributed by atoms with Gasteiger partial charge in [0.15, 0.2) is 6.29 Å². The van der Waals surface area contributed by atoms with E-state index in [1.165, 1.54) is 0 Å². The zero-order chi connectivity index (χ0) is 15.0. The van der Waals surface area contributed by atoms with E-state index in [1.54, 1.807) is 6.07 Å². The first-order valence-corrected chi connectivity index (χ1v) is 7.59. The number of aldehydes is 1. The maximum Gasteiger partial charge on any atom is 0.303 e. The lowest BCUT2D eigenvalue weighted by Crippen LogP contribution is -2.27. The highest BCUT2D eigenvalue weighted by Gasteiger charge is 2.11. The minimum Gasteiger partial charge on any atom is -0.481 e. The lowest BCUT2D eigenvalue weighted by atomic mass is 10.1. The number of unbranched alkanes of at least 4 members (excludes halogenated alkanes) is 1. The van der Waals surface area contributed by atoms with Gasteiger partial charge in [0, 0.05) is 35.2 Å². The van der Waals surface area contributed by atoms with E-state index >= 15 is 0 Å². The van der Waals surface area contributed by atoms with Crippen molar-refractivity contribution in [1.82, 2.24) is 0 Å². The van der Waals surface area contributed by atoms with Crippen molar-refractivity contribution in [3.63, 3.8) is 0 Å². The number of carboxylic acids is 1. The molecule has 0 aliphatic heterocycles. The second-order valence-electron chi connectivity index (χ2n) is 4.66. The summed E-state index contributed by atoms with van der Waals surface area (Å²) in [6.45, 7) is 3.59. The second-order valence-corrected chi connectivity index (χ2v) is 5.57. The van der Waals surface area contributed by atoms with Gasteiger partial charge in [0.05, 0.1) is 0 Å². The maximum absolute atomic E-state index is 11.2. The number of nitrogens with zero attached hydrogens (tertiary/aromatic N) is 1. The summed E-state index contributed by atoms with van der Waals surface area (Å²) in [5.74, 6) is -0.785. The number of anilines is 1. The van der Waals surface area contributed by atoms with E-state index < -0.39 is 5.97 Å². The molecule has 1 aromatic rings. The van der Waals surface area contributed by atoms with Gasteiger partial charge in [-0.2, -0.15) is 0 Å². The van der Waals surface area contributed by atoms with Crippen molar-refractivity contribution >= 4 is 33.9 Å². The molecule has 1 N–H and O–H groups in total. The topological polar surface area (TPSA) is 57.6 Å². The first-order chi connectivity index (χ1) is 9.58. The van der Waals surface area contributed by atoms with Crippen LogP contribution in [0.15, 0.2) is 22.7 Å². The number of rotatable bonds is 9. The molecule has 20 heavy (non-hydrogen) atoms. The Morgan fingerprint density at radius 2 is 2.05 bits per heavy atom. The molecular weight excluding hydrogens is 322 g/mol. The van der Waals surface area contributed by atoms with Gasteiger partial charge in [0.25, 0.3) is 0 Å². The summed E-state index contributed by atoms with van der Waals surface area (Å²) in [6.07, 6.45) is 3.64. The van der Waals surface area contributed by atoms with Gasteiger partial charge < -0.3 is 10.0 Å². The highest BCUT2D eigenvalue weighted by atomic mass is 79.9. The van der Waals surface area contributed by atoms with E-state index in [0.29, 0.717) is 18.5 Å². The van der Waals surface area contributed by atoms with Crippen molar-refractivity contribution in [2.45, 2.75) is 32.6 Å². The first kappa shape index (κ1) is 16.7. The molecule has 0 unspecified atom stereocenters. The standard InChI is InChI=1S/C15H20BrNO3/c1-2-3-8-17(9-4-5-15(19)20)14-7-6-13(16)10-12(14)11-18/h6-7,10-11H,2-5,8-9H2,1H3,(H,19,20). The molecule has 4 nitrogen and oxygen atoms in total. The number of carbonyl (C=O) groups is 2. The van der Waals surface area contributed by atoms with Crippen LogP contribution >= 0.6 is 15.9 Å². The van der Waals surface area contributed by atoms with Gasteiger partial charge >= 0.3 is 5.97 Å². The van der Waals surface area contributed by atoms with Crippen LogP contribution in [0.3, 0.4) is 0 Å². The molecule has 0 bridgehead atoms. The average molecular weight is 342 g/mol. The SMILES string of the molecule is CCCCN(CCCC(=O)O)c1ccc(Br)cc1C=O. The normalized spacial score (nSPS) is 10.3. The van der Waals surface area contributed by atoms with Crippen LogP contribution in [0.5, 0.6) is 0 Å². The van der Waals surface area contributed by atoms with Crippen molar-refractivity contribution in [1.29, 1.82) is 0 Å². The Balaban J connectivity index is 2.85. The highest BCUT2D eigenvalue weighted by Crippen LogP contribution is 2.24. The number of halogens is 1. The van der Waals surface area contributed by atoms with Crippen molar-refractivity contribution < 1.29 is 14.7 Å². The Labute approximate surface area is 127 Å². The van der Waals surface area contributed by atoms with Crippen molar-refractivity contribution in [2.24, 2.45) is 0 Å². The minimum atomic E-state index is -0.785. The number of carboxylic acid groups (broad SMARTS) is 1. The van der Waals surface area contributed by atoms with Crippen LogP contribution < -0.4 is 4.90 Å². The van der Waals surface area contributed by atoms with Gasteiger partial charge in [-0.15, -0.1) is 0 Å². The quantitative estimate of drug-likeness (QED) is 0.695. The third-order valence-corrected chi connectivity index (χ3v) is 3.55. The molecule has 0 fully saturated rings. The lowest BCUT2D eigenvalue weighted by molar-refractivity contribution is -0.137. The molecule has 0 aliphatic rings. The number of aliphatic carboxylic acids is 1. The molecule has 0 radical (unpaired) electrons. The van der Waals surface area contributed by atoms with Gasteiger partial charge in [-0.3, -0.25) is 9.59 Å². The molecular formula is C15H20BrNO3. The highest BCUT2D eigenvalue weighted by molar-refractivity contribution is 9.10. The van der Waals surface area contributed by atoms with Crippen LogP contribution in [0.2, 0.25) is 0 Å². The molecule has 1 rings (SSSR count). The minimum absolute atomic E-state index is 0.148. The van der Waals surface area contributed by atoms with Crippen molar-refractivity contribution in [3.8, 4) is 0 Å². The smallest absolute Gasteiger partial charge is 0.303 e. The molecule has 0 heterocycles. The number of hydrogen-bond donors (Lipinski definition) is 1. The van der Waals surface area contributed by atoms with Crippen LogP contribution in [-0.2, 0) is 4.79 Å². The molecule has 0 spiro atoms. The van der Waals surface area contributed by atoms with Crippen LogP contribution in [0, 0.1) is 0 Å². The third kappa shape index (κ3) is 5.33. The van der Waals surface area contributed by atoms with E-state index in [9.17, 15) is 9.59 Å². The molecule has 0 atom stereocenters. The molecule has 0 amide bonds. The van der Waals surface area contributed by atoms with Crippen LogP contribution in [0.1, 0.15) is 43.0 Å². The third-order valence-electron chi connectivity index (χ3n) is 3.06. The Morgan fingerprint density at radius 1 is 1.35 bits per heavy atom. The molecule has 110 valence electrons. The molecule has 0 saturated carbocycles. The monoisotopic (exact) mass is 341 g/mol. The average Bonchev–Trinajstić information content (AvgIpc) is 2.42. The van der Waals surface area contributed by atoms with Crippen LogP contribution in [-0.4, -0.2) is 30.5 Å². The molecule has 0 aromatic heterocycles. The fraction of sp³-hybridized carbons (Fsp3) is 0.467. The number of carbonyl (C=O) groups excluding carboxylic acids is 1. The Kier molecular flexibility index (Phi) is 7.30. The van der Waals surface area contributed by atoms with Crippen LogP contribution in [0.25, 0.3) is 0 Å². The number of benzene rings is 1. The Bertz CT molecular complexity index is 462. The van der Waals surface area contributed by atoms with Crippen molar-refractivity contribution in [3.05, 3.63) is 28.2 Å². The van der Waals surface area contributed by atoms with Gasteiger partial charge in [-0.25, -0.2) is 0 Å². The fourth-order valence-corrected chi connectivity index (χ4v) is 2.41. The van der Waals surface area contributed by atoms with Crippen molar-refractivity contribution in [2.75, 3.05) is 18.0 Å². The van der Waals surface area contributed by atoms with Gasteiger partial charge in [0.2, 0.25) is 0 Å². The molecule has 0 aliphatic carbocycles. The predicted octanol–water partition coefficient (Wildman–Crippen LogP) is 3.73. The van der Waals surface area contributed by atoms with E-state index in [-0.39, 0.29) is 6.42 Å². The maximum atomic E-state index is 11.2. The largest absolute Gasteiger partial charge is 0.481 e.